The van der Waals surface area contributed by atoms with E-state index in [1.54, 1.807) is 12.1 Å². The number of esters is 1. The minimum atomic E-state index is -1.85. The molecule has 1 aromatic carbocycles. The maximum absolute atomic E-state index is 10.7. The van der Waals surface area contributed by atoms with Gasteiger partial charge in [0.1, 0.15) is 5.75 Å². The van der Waals surface area contributed by atoms with Crippen molar-refractivity contribution in [2.75, 3.05) is 0 Å². The van der Waals surface area contributed by atoms with Crippen LogP contribution in [0, 0.1) is 10.7 Å². The first kappa shape index (κ1) is 13.4. The van der Waals surface area contributed by atoms with Crippen molar-refractivity contribution >= 4 is 79.7 Å². The van der Waals surface area contributed by atoms with Crippen LogP contribution < -0.4 is 9.84 Å². The van der Waals surface area contributed by atoms with Gasteiger partial charge < -0.3 is 14.6 Å². The third-order valence-corrected chi connectivity index (χ3v) is 6.26. The van der Waals surface area contributed by atoms with Crippen LogP contribution in [0.3, 0.4) is 0 Å². The highest BCUT2D eigenvalue weighted by atomic mass is 127. The lowest BCUT2D eigenvalue weighted by Gasteiger charge is -2.07. The maximum Gasteiger partial charge on any atom is 0.359 e. The van der Waals surface area contributed by atoms with Gasteiger partial charge in [-0.25, -0.2) is 4.79 Å². The molecule has 0 saturated carbocycles. The number of carboxylic acid groups (broad SMARTS) is 1. The molecule has 0 aliphatic carbocycles. The monoisotopic (exact) mass is 543 g/mol. The van der Waals surface area contributed by atoms with Crippen LogP contribution in [-0.4, -0.2) is 11.9 Å². The van der Waals surface area contributed by atoms with Gasteiger partial charge in [-0.05, 0) is 79.9 Å². The third kappa shape index (κ3) is 3.69. The molecule has 80 valence electrons. The molecular formula is C8H2I3O4-. The Morgan fingerprint density at radius 3 is 2.00 bits per heavy atom. The van der Waals surface area contributed by atoms with E-state index >= 15 is 0 Å². The molecular weight excluding hydrogens is 541 g/mol. The summed E-state index contributed by atoms with van der Waals surface area (Å²) in [5.74, 6) is -3.03. The highest BCUT2D eigenvalue weighted by molar-refractivity contribution is 14.1. The van der Waals surface area contributed by atoms with E-state index in [4.69, 9.17) is 0 Å². The van der Waals surface area contributed by atoms with Gasteiger partial charge in [-0.2, -0.15) is 0 Å². The molecule has 4 nitrogen and oxygen atoms in total. The summed E-state index contributed by atoms with van der Waals surface area (Å²) in [6, 6.07) is 3.18. The quantitative estimate of drug-likeness (QED) is 0.176. The average molecular weight is 543 g/mol. The lowest BCUT2D eigenvalue weighted by atomic mass is 10.3. The van der Waals surface area contributed by atoms with Gasteiger partial charge in [-0.1, -0.05) is 0 Å². The number of benzene rings is 1. The fourth-order valence-electron chi connectivity index (χ4n) is 0.740. The molecule has 0 fully saturated rings. The van der Waals surface area contributed by atoms with Crippen molar-refractivity contribution in [3.05, 3.63) is 22.8 Å². The van der Waals surface area contributed by atoms with Crippen LogP contribution in [0.1, 0.15) is 0 Å². The Hall–Kier alpha value is 0.350. The Bertz CT molecular complexity index is 407. The van der Waals surface area contributed by atoms with Crippen molar-refractivity contribution < 1.29 is 19.4 Å². The summed E-state index contributed by atoms with van der Waals surface area (Å²) < 4.78 is 7.39. The normalized spacial score (nSPS) is 9.80. The molecule has 0 N–H and O–H groups in total. The standard InChI is InChI=1S/C8H3I3O4/c9-4-1-3(2-5(10)6(4)11)15-8(14)7(12)13/h1-2H,(H,12,13)/p-1. The van der Waals surface area contributed by atoms with Crippen LogP contribution in [0.15, 0.2) is 12.1 Å². The lowest BCUT2D eigenvalue weighted by molar-refractivity contribution is -0.302. The molecule has 0 aliphatic heterocycles. The highest BCUT2D eigenvalue weighted by Gasteiger charge is 2.09. The van der Waals surface area contributed by atoms with E-state index in [2.05, 4.69) is 72.5 Å². The molecule has 0 heterocycles. The van der Waals surface area contributed by atoms with E-state index in [1.807, 2.05) is 0 Å². The van der Waals surface area contributed by atoms with E-state index in [-0.39, 0.29) is 5.75 Å². The summed E-state index contributed by atoms with van der Waals surface area (Å²) in [5, 5.41) is 10.1. The first-order valence-corrected chi connectivity index (χ1v) is 6.73. The molecule has 0 atom stereocenters. The van der Waals surface area contributed by atoms with Gasteiger partial charge in [-0.15, -0.1) is 0 Å². The number of carbonyl (C=O) groups is 2. The van der Waals surface area contributed by atoms with Crippen molar-refractivity contribution in [2.45, 2.75) is 0 Å². The van der Waals surface area contributed by atoms with E-state index in [0.717, 1.165) is 10.7 Å². The Morgan fingerprint density at radius 2 is 1.60 bits per heavy atom. The number of carboxylic acids is 1. The Labute approximate surface area is 126 Å². The first-order valence-electron chi connectivity index (χ1n) is 3.49. The predicted molar refractivity (Wildman–Crippen MR) is 75.2 cm³/mol. The minimum absolute atomic E-state index is 0.207. The molecule has 0 amide bonds. The molecule has 15 heavy (non-hydrogen) atoms. The number of carbonyl (C=O) groups excluding carboxylic acids is 2. The molecule has 0 aliphatic rings. The Balaban J connectivity index is 2.98. The molecule has 1 rings (SSSR count). The van der Waals surface area contributed by atoms with Crippen LogP contribution in [0.2, 0.25) is 0 Å². The minimum Gasteiger partial charge on any atom is -0.539 e. The molecule has 0 radical (unpaired) electrons. The van der Waals surface area contributed by atoms with E-state index in [0.29, 0.717) is 0 Å². The van der Waals surface area contributed by atoms with E-state index < -0.39 is 11.9 Å². The summed E-state index contributed by atoms with van der Waals surface area (Å²) in [4.78, 5) is 20.9. The molecule has 0 unspecified atom stereocenters. The van der Waals surface area contributed by atoms with Crippen LogP contribution >= 0.6 is 67.8 Å². The largest absolute Gasteiger partial charge is 0.539 e. The van der Waals surface area contributed by atoms with Crippen molar-refractivity contribution in [3.8, 4) is 5.75 Å². The van der Waals surface area contributed by atoms with Gasteiger partial charge in [0, 0.05) is 10.7 Å². The molecule has 0 saturated heterocycles. The second-order valence-corrected chi connectivity index (χ2v) is 5.78. The van der Waals surface area contributed by atoms with Crippen LogP contribution in [0.4, 0.5) is 0 Å². The summed E-state index contributed by atoms with van der Waals surface area (Å²) in [5.41, 5.74) is 0. The van der Waals surface area contributed by atoms with E-state index in [9.17, 15) is 14.7 Å². The molecule has 0 spiro atoms. The van der Waals surface area contributed by atoms with Crippen LogP contribution in [0.5, 0.6) is 5.75 Å². The lowest BCUT2D eigenvalue weighted by Crippen LogP contribution is -2.35. The number of hydrogen-bond donors (Lipinski definition) is 0. The van der Waals surface area contributed by atoms with Crippen LogP contribution in [0.25, 0.3) is 0 Å². The summed E-state index contributed by atoms with van der Waals surface area (Å²) >= 11 is 6.29. The second-order valence-electron chi connectivity index (χ2n) is 2.38. The summed E-state index contributed by atoms with van der Waals surface area (Å²) in [7, 11) is 0. The van der Waals surface area contributed by atoms with Gasteiger partial charge in [-0.3, -0.25) is 0 Å². The highest BCUT2D eigenvalue weighted by Crippen LogP contribution is 2.26. The summed E-state index contributed by atoms with van der Waals surface area (Å²) in [6.45, 7) is 0. The van der Waals surface area contributed by atoms with Crippen LogP contribution in [-0.2, 0) is 9.59 Å². The molecule has 1 aromatic rings. The van der Waals surface area contributed by atoms with E-state index in [1.165, 1.54) is 0 Å². The van der Waals surface area contributed by atoms with Crippen molar-refractivity contribution in [1.29, 1.82) is 0 Å². The number of ether oxygens (including phenoxy) is 1. The SMILES string of the molecule is O=C([O-])C(=O)Oc1cc(I)c(I)c(I)c1. The number of hydrogen-bond acceptors (Lipinski definition) is 4. The molecule has 7 heteroatoms. The smallest absolute Gasteiger partial charge is 0.359 e. The topological polar surface area (TPSA) is 66.4 Å². The first-order chi connectivity index (χ1) is 6.91. The second kappa shape index (κ2) is 5.61. The Kier molecular flexibility index (Phi) is 5.02. The Morgan fingerprint density at radius 1 is 1.13 bits per heavy atom. The van der Waals surface area contributed by atoms with Crippen molar-refractivity contribution in [3.63, 3.8) is 0 Å². The van der Waals surface area contributed by atoms with Gasteiger partial charge in [0.25, 0.3) is 0 Å². The van der Waals surface area contributed by atoms with Gasteiger partial charge in [0.2, 0.25) is 0 Å². The third-order valence-electron chi connectivity index (χ3n) is 1.33. The number of halogens is 3. The fourth-order valence-corrected chi connectivity index (χ4v) is 2.76. The fraction of sp³-hybridized carbons (Fsp3) is 0. The number of rotatable bonds is 1. The van der Waals surface area contributed by atoms with Gasteiger partial charge in [0.15, 0.2) is 5.97 Å². The predicted octanol–water partition coefficient (Wildman–Crippen LogP) is 1.16. The van der Waals surface area contributed by atoms with Crippen molar-refractivity contribution in [2.24, 2.45) is 0 Å². The average Bonchev–Trinajstić information content (AvgIpc) is 2.13. The number of aliphatic carboxylic acids is 1. The van der Waals surface area contributed by atoms with Gasteiger partial charge in [0.05, 0.1) is 0 Å². The zero-order chi connectivity index (χ0) is 11.6. The zero-order valence-corrected chi connectivity index (χ0v) is 13.4. The zero-order valence-electron chi connectivity index (χ0n) is 6.92. The molecule has 0 bridgehead atoms. The van der Waals surface area contributed by atoms with Gasteiger partial charge >= 0.3 is 5.97 Å². The molecule has 0 aromatic heterocycles. The summed E-state index contributed by atoms with van der Waals surface area (Å²) in [6.07, 6.45) is 0. The maximum atomic E-state index is 10.7. The van der Waals surface area contributed by atoms with Crippen molar-refractivity contribution in [1.82, 2.24) is 0 Å².